The maximum Gasteiger partial charge on any atom is 0.358 e. The first-order valence-corrected chi connectivity index (χ1v) is 5.77. The molecule has 80 valence electrons. The van der Waals surface area contributed by atoms with Crippen molar-refractivity contribution in [2.75, 3.05) is 18.0 Å². The molecule has 2 heterocycles. The molecule has 0 unspecified atom stereocenters. The van der Waals surface area contributed by atoms with Gasteiger partial charge in [-0.2, -0.15) is 4.98 Å². The van der Waals surface area contributed by atoms with Crippen LogP contribution in [0.25, 0.3) is 10.2 Å². The maximum atomic E-state index is 11.6. The van der Waals surface area contributed by atoms with Gasteiger partial charge >= 0.3 is 11.6 Å². The van der Waals surface area contributed by atoms with Crippen molar-refractivity contribution in [3.8, 4) is 0 Å². The molecule has 5 heteroatoms. The standard InChI is InChI=1S/C10H12N2O2S/c1-3-12(4-2)10-11-7-5-6-15-8(7)9(13)14-10/h5-6H,3-4H2,1-2H3. The van der Waals surface area contributed by atoms with E-state index in [2.05, 4.69) is 4.98 Å². The second kappa shape index (κ2) is 4.02. The highest BCUT2D eigenvalue weighted by molar-refractivity contribution is 7.17. The summed E-state index contributed by atoms with van der Waals surface area (Å²) in [6.45, 7) is 5.57. The Balaban J connectivity index is 2.58. The Morgan fingerprint density at radius 2 is 2.20 bits per heavy atom. The lowest BCUT2D eigenvalue weighted by Crippen LogP contribution is -2.24. The molecule has 0 spiro atoms. The lowest BCUT2D eigenvalue weighted by molar-refractivity contribution is 0.491. The fourth-order valence-corrected chi connectivity index (χ4v) is 2.13. The topological polar surface area (TPSA) is 46.3 Å². The maximum absolute atomic E-state index is 11.6. The molecule has 0 aliphatic carbocycles. The van der Waals surface area contributed by atoms with Crippen LogP contribution in [-0.4, -0.2) is 18.1 Å². The predicted octanol–water partition coefficient (Wildman–Crippen LogP) is 2.10. The molecule has 0 N–H and O–H groups in total. The Labute approximate surface area is 91.2 Å². The number of aromatic nitrogens is 1. The highest BCUT2D eigenvalue weighted by Crippen LogP contribution is 2.18. The van der Waals surface area contributed by atoms with Gasteiger partial charge < -0.3 is 9.32 Å². The van der Waals surface area contributed by atoms with E-state index in [1.165, 1.54) is 11.3 Å². The van der Waals surface area contributed by atoms with E-state index in [0.29, 0.717) is 10.7 Å². The molecule has 15 heavy (non-hydrogen) atoms. The van der Waals surface area contributed by atoms with Crippen molar-refractivity contribution in [1.82, 2.24) is 4.98 Å². The van der Waals surface area contributed by atoms with E-state index < -0.39 is 0 Å². The lowest BCUT2D eigenvalue weighted by atomic mass is 10.5. The minimum atomic E-state index is -0.295. The van der Waals surface area contributed by atoms with E-state index in [4.69, 9.17) is 4.42 Å². The Hall–Kier alpha value is -1.36. The van der Waals surface area contributed by atoms with Gasteiger partial charge in [-0.1, -0.05) is 0 Å². The number of thiophene rings is 1. The summed E-state index contributed by atoms with van der Waals surface area (Å²) in [6, 6.07) is 2.25. The molecule has 0 bridgehead atoms. The van der Waals surface area contributed by atoms with Gasteiger partial charge in [0, 0.05) is 13.1 Å². The van der Waals surface area contributed by atoms with E-state index in [9.17, 15) is 4.79 Å². The summed E-state index contributed by atoms with van der Waals surface area (Å²) in [6.07, 6.45) is 0. The first-order chi connectivity index (χ1) is 7.26. The van der Waals surface area contributed by atoms with Gasteiger partial charge in [-0.3, -0.25) is 0 Å². The molecule has 0 atom stereocenters. The van der Waals surface area contributed by atoms with Gasteiger partial charge in [-0.25, -0.2) is 4.79 Å². The third-order valence-electron chi connectivity index (χ3n) is 2.26. The molecule has 2 rings (SSSR count). The number of fused-ring (bicyclic) bond motifs is 1. The van der Waals surface area contributed by atoms with Crippen LogP contribution in [0.15, 0.2) is 20.7 Å². The van der Waals surface area contributed by atoms with E-state index in [1.54, 1.807) is 0 Å². The molecule has 0 aliphatic rings. The largest absolute Gasteiger partial charge is 0.388 e. The molecule has 4 nitrogen and oxygen atoms in total. The second-order valence-electron chi connectivity index (χ2n) is 3.09. The Morgan fingerprint density at radius 1 is 1.47 bits per heavy atom. The minimum Gasteiger partial charge on any atom is -0.388 e. The van der Waals surface area contributed by atoms with Crippen LogP contribution < -0.4 is 10.5 Å². The van der Waals surface area contributed by atoms with Crippen LogP contribution in [0.5, 0.6) is 0 Å². The van der Waals surface area contributed by atoms with E-state index in [1.807, 2.05) is 30.2 Å². The summed E-state index contributed by atoms with van der Waals surface area (Å²) in [7, 11) is 0. The van der Waals surface area contributed by atoms with Gasteiger partial charge in [0.15, 0.2) is 0 Å². The van der Waals surface area contributed by atoms with Gasteiger partial charge in [0.05, 0.1) is 5.52 Å². The fraction of sp³-hybridized carbons (Fsp3) is 0.400. The van der Waals surface area contributed by atoms with Gasteiger partial charge in [0.25, 0.3) is 0 Å². The third kappa shape index (κ3) is 1.74. The van der Waals surface area contributed by atoms with Crippen LogP contribution in [0.1, 0.15) is 13.8 Å². The minimum absolute atomic E-state index is 0.295. The van der Waals surface area contributed by atoms with Crippen molar-refractivity contribution >= 4 is 27.6 Å². The molecule has 0 fully saturated rings. The Kier molecular flexibility index (Phi) is 2.73. The van der Waals surface area contributed by atoms with E-state index in [0.717, 1.165) is 18.6 Å². The Morgan fingerprint density at radius 3 is 2.87 bits per heavy atom. The first-order valence-electron chi connectivity index (χ1n) is 4.89. The van der Waals surface area contributed by atoms with E-state index >= 15 is 0 Å². The molecule has 0 radical (unpaired) electrons. The quantitative estimate of drug-likeness (QED) is 0.801. The molecule has 0 aromatic carbocycles. The van der Waals surface area contributed by atoms with Gasteiger partial charge in [0.2, 0.25) is 0 Å². The first kappa shape index (κ1) is 10.2. The number of hydrogen-bond donors (Lipinski definition) is 0. The van der Waals surface area contributed by atoms with Gasteiger partial charge in [0.1, 0.15) is 4.70 Å². The van der Waals surface area contributed by atoms with E-state index in [-0.39, 0.29) is 5.63 Å². The average Bonchev–Trinajstić information content (AvgIpc) is 2.68. The summed E-state index contributed by atoms with van der Waals surface area (Å²) >= 11 is 1.36. The van der Waals surface area contributed by atoms with Crippen molar-refractivity contribution < 1.29 is 4.42 Å². The summed E-state index contributed by atoms with van der Waals surface area (Å²) < 4.78 is 5.75. The average molecular weight is 224 g/mol. The molecular weight excluding hydrogens is 212 g/mol. The molecule has 0 amide bonds. The van der Waals surface area contributed by atoms with Crippen molar-refractivity contribution in [2.24, 2.45) is 0 Å². The molecule has 2 aromatic rings. The van der Waals surface area contributed by atoms with Crippen LogP contribution in [0, 0.1) is 0 Å². The number of anilines is 1. The van der Waals surface area contributed by atoms with Crippen molar-refractivity contribution in [3.05, 3.63) is 21.9 Å². The van der Waals surface area contributed by atoms with Crippen molar-refractivity contribution in [2.45, 2.75) is 13.8 Å². The zero-order chi connectivity index (χ0) is 10.8. The lowest BCUT2D eigenvalue weighted by Gasteiger charge is -2.16. The summed E-state index contributed by atoms with van der Waals surface area (Å²) in [5.41, 5.74) is 0.426. The fourth-order valence-electron chi connectivity index (χ4n) is 1.43. The third-order valence-corrected chi connectivity index (χ3v) is 3.15. The molecule has 0 aliphatic heterocycles. The van der Waals surface area contributed by atoms with Gasteiger partial charge in [-0.15, -0.1) is 11.3 Å². The summed E-state index contributed by atoms with van der Waals surface area (Å²) in [5.74, 6) is 0. The molecular formula is C10H12N2O2S. The second-order valence-corrected chi connectivity index (χ2v) is 4.01. The predicted molar refractivity (Wildman–Crippen MR) is 61.7 cm³/mol. The number of hydrogen-bond acceptors (Lipinski definition) is 5. The van der Waals surface area contributed by atoms with Crippen LogP contribution in [-0.2, 0) is 0 Å². The monoisotopic (exact) mass is 224 g/mol. The van der Waals surface area contributed by atoms with Crippen LogP contribution in [0.4, 0.5) is 6.01 Å². The SMILES string of the molecule is CCN(CC)c1nc2ccsc2c(=O)o1. The number of nitrogens with zero attached hydrogens (tertiary/aromatic N) is 2. The van der Waals surface area contributed by atoms with Crippen molar-refractivity contribution in [3.63, 3.8) is 0 Å². The smallest absolute Gasteiger partial charge is 0.358 e. The molecule has 2 aromatic heterocycles. The number of rotatable bonds is 3. The summed E-state index contributed by atoms with van der Waals surface area (Å²) in [4.78, 5) is 17.8. The summed E-state index contributed by atoms with van der Waals surface area (Å²) in [5, 5.41) is 1.85. The normalized spacial score (nSPS) is 10.8. The van der Waals surface area contributed by atoms with Crippen LogP contribution >= 0.6 is 11.3 Å². The highest BCUT2D eigenvalue weighted by Gasteiger charge is 2.11. The van der Waals surface area contributed by atoms with Crippen LogP contribution in [0.3, 0.4) is 0 Å². The van der Waals surface area contributed by atoms with Crippen LogP contribution in [0.2, 0.25) is 0 Å². The zero-order valence-corrected chi connectivity index (χ0v) is 9.50. The van der Waals surface area contributed by atoms with Crippen molar-refractivity contribution in [1.29, 1.82) is 0 Å². The van der Waals surface area contributed by atoms with Gasteiger partial charge in [-0.05, 0) is 25.3 Å². The highest BCUT2D eigenvalue weighted by atomic mass is 32.1. The zero-order valence-electron chi connectivity index (χ0n) is 8.69. The molecule has 0 saturated carbocycles. The Bertz CT molecular complexity index is 513. The molecule has 0 saturated heterocycles.